The summed E-state index contributed by atoms with van der Waals surface area (Å²) in [6.07, 6.45) is 7.94. The van der Waals surface area contributed by atoms with E-state index in [1.807, 2.05) is 13.8 Å². The zero-order chi connectivity index (χ0) is 18.1. The number of rotatable bonds is 3. The Morgan fingerprint density at radius 2 is 1.92 bits per heavy atom. The van der Waals surface area contributed by atoms with Crippen LogP contribution in [0.2, 0.25) is 0 Å². The minimum atomic E-state index is -0.243. The normalized spacial score (nSPS) is 15.4. The van der Waals surface area contributed by atoms with E-state index in [1.165, 1.54) is 0 Å². The molecule has 1 aliphatic heterocycles. The number of anilines is 1. The fourth-order valence-electron chi connectivity index (χ4n) is 3.23. The third-order valence-corrected chi connectivity index (χ3v) is 4.63. The molecule has 1 aliphatic rings. The monoisotopic (exact) mass is 352 g/mol. The van der Waals surface area contributed by atoms with Crippen molar-refractivity contribution >= 4 is 5.95 Å². The molecule has 4 heterocycles. The topological polar surface area (TPSA) is 101 Å². The Kier molecular flexibility index (Phi) is 4.34. The second-order valence-corrected chi connectivity index (χ2v) is 6.44. The molecule has 8 nitrogen and oxygen atoms in total. The highest BCUT2D eigenvalue weighted by Crippen LogP contribution is 2.34. The van der Waals surface area contributed by atoms with Gasteiger partial charge in [-0.05, 0) is 26.7 Å². The highest BCUT2D eigenvalue weighted by Gasteiger charge is 2.23. The molecule has 0 saturated carbocycles. The Morgan fingerprint density at radius 1 is 1.12 bits per heavy atom. The van der Waals surface area contributed by atoms with Crippen molar-refractivity contribution in [2.45, 2.75) is 32.8 Å². The number of aryl methyl sites for hydroxylation is 2. The van der Waals surface area contributed by atoms with Crippen LogP contribution in [0.5, 0.6) is 0 Å². The maximum Gasteiger partial charge on any atom is 0.225 e. The molecule has 0 unspecified atom stereocenters. The van der Waals surface area contributed by atoms with Crippen molar-refractivity contribution < 1.29 is 9.63 Å². The van der Waals surface area contributed by atoms with Gasteiger partial charge in [-0.1, -0.05) is 5.16 Å². The summed E-state index contributed by atoms with van der Waals surface area (Å²) < 4.78 is 5.35. The average molecular weight is 352 g/mol. The number of aliphatic hydroxyl groups is 1. The molecule has 3 aromatic heterocycles. The second-order valence-electron chi connectivity index (χ2n) is 6.44. The average Bonchev–Trinajstić information content (AvgIpc) is 3.01. The number of aliphatic hydroxyl groups excluding tert-OH is 1. The number of hydrogen-bond donors (Lipinski definition) is 1. The fraction of sp³-hybridized carbons (Fsp3) is 0.389. The van der Waals surface area contributed by atoms with E-state index in [2.05, 4.69) is 25.0 Å². The fourth-order valence-corrected chi connectivity index (χ4v) is 3.23. The zero-order valence-corrected chi connectivity index (χ0v) is 14.8. The van der Waals surface area contributed by atoms with Gasteiger partial charge in [0.05, 0.1) is 34.9 Å². The predicted molar refractivity (Wildman–Crippen MR) is 95.5 cm³/mol. The Balaban J connectivity index is 1.83. The molecule has 26 heavy (non-hydrogen) atoms. The first kappa shape index (κ1) is 16.6. The van der Waals surface area contributed by atoms with Crippen molar-refractivity contribution in [3.63, 3.8) is 0 Å². The van der Waals surface area contributed by atoms with Crippen LogP contribution in [0.1, 0.15) is 24.3 Å². The first-order valence-electron chi connectivity index (χ1n) is 8.63. The summed E-state index contributed by atoms with van der Waals surface area (Å²) in [4.78, 5) is 20.0. The van der Waals surface area contributed by atoms with Gasteiger partial charge in [0.2, 0.25) is 5.95 Å². The number of piperidine rings is 1. The molecule has 8 heteroatoms. The highest BCUT2D eigenvalue weighted by molar-refractivity contribution is 5.80. The van der Waals surface area contributed by atoms with Gasteiger partial charge in [-0.15, -0.1) is 0 Å². The highest BCUT2D eigenvalue weighted by atomic mass is 16.5. The molecule has 0 aromatic carbocycles. The van der Waals surface area contributed by atoms with Crippen LogP contribution in [0.4, 0.5) is 5.95 Å². The van der Waals surface area contributed by atoms with Crippen molar-refractivity contribution in [2.75, 3.05) is 18.0 Å². The molecule has 0 bridgehead atoms. The summed E-state index contributed by atoms with van der Waals surface area (Å²) >= 11 is 0. The SMILES string of the molecule is Cc1noc(C)c1-c1nc(N2CCC(O)CC2)ncc1-c1cnccn1. The number of hydrogen-bond acceptors (Lipinski definition) is 8. The van der Waals surface area contributed by atoms with E-state index in [9.17, 15) is 5.11 Å². The second kappa shape index (κ2) is 6.80. The van der Waals surface area contributed by atoms with E-state index < -0.39 is 0 Å². The predicted octanol–water partition coefficient (Wildman–Crippen LogP) is 2.17. The van der Waals surface area contributed by atoms with Crippen molar-refractivity contribution in [1.82, 2.24) is 25.1 Å². The number of aromatic nitrogens is 5. The molecule has 134 valence electrons. The van der Waals surface area contributed by atoms with Crippen LogP contribution in [0.3, 0.4) is 0 Å². The van der Waals surface area contributed by atoms with Crippen LogP contribution in [-0.4, -0.2) is 49.4 Å². The Morgan fingerprint density at radius 3 is 2.58 bits per heavy atom. The molecule has 1 fully saturated rings. The summed E-state index contributed by atoms with van der Waals surface area (Å²) in [6.45, 7) is 5.22. The maximum atomic E-state index is 9.74. The van der Waals surface area contributed by atoms with Crippen molar-refractivity contribution in [1.29, 1.82) is 0 Å². The first-order valence-corrected chi connectivity index (χ1v) is 8.63. The van der Waals surface area contributed by atoms with Gasteiger partial charge in [-0.25, -0.2) is 9.97 Å². The molecular weight excluding hydrogens is 332 g/mol. The minimum Gasteiger partial charge on any atom is -0.393 e. The lowest BCUT2D eigenvalue weighted by Gasteiger charge is -2.29. The molecule has 0 aliphatic carbocycles. The van der Waals surface area contributed by atoms with Gasteiger partial charge in [0.25, 0.3) is 0 Å². The lowest BCUT2D eigenvalue weighted by atomic mass is 10.0. The lowest BCUT2D eigenvalue weighted by Crippen LogP contribution is -2.36. The van der Waals surface area contributed by atoms with E-state index >= 15 is 0 Å². The van der Waals surface area contributed by atoms with E-state index in [4.69, 9.17) is 9.51 Å². The Bertz CT molecular complexity index is 884. The van der Waals surface area contributed by atoms with Gasteiger partial charge in [0.1, 0.15) is 5.76 Å². The van der Waals surface area contributed by atoms with Crippen LogP contribution >= 0.6 is 0 Å². The molecule has 1 saturated heterocycles. The molecule has 0 radical (unpaired) electrons. The summed E-state index contributed by atoms with van der Waals surface area (Å²) in [5, 5.41) is 13.8. The Hall–Kier alpha value is -2.87. The van der Waals surface area contributed by atoms with Gasteiger partial charge in [0, 0.05) is 37.2 Å². The molecule has 4 rings (SSSR count). The standard InChI is InChI=1S/C18H20N6O2/c1-11-16(12(2)26-23-11)17-14(15-10-19-5-6-20-15)9-21-18(22-17)24-7-3-13(25)4-8-24/h5-6,9-10,13,25H,3-4,7-8H2,1-2H3. The van der Waals surface area contributed by atoms with E-state index in [0.717, 1.165) is 48.4 Å². The summed E-state index contributed by atoms with van der Waals surface area (Å²) in [7, 11) is 0. The smallest absolute Gasteiger partial charge is 0.225 e. The van der Waals surface area contributed by atoms with Crippen molar-refractivity contribution in [3.8, 4) is 22.5 Å². The molecular formula is C18H20N6O2. The van der Waals surface area contributed by atoms with Gasteiger partial charge < -0.3 is 14.5 Å². The summed E-state index contributed by atoms with van der Waals surface area (Å²) in [5.74, 6) is 1.34. The molecule has 3 aromatic rings. The van der Waals surface area contributed by atoms with Gasteiger partial charge >= 0.3 is 0 Å². The van der Waals surface area contributed by atoms with Crippen LogP contribution < -0.4 is 4.90 Å². The third-order valence-electron chi connectivity index (χ3n) is 4.63. The van der Waals surface area contributed by atoms with Gasteiger partial charge in [0.15, 0.2) is 0 Å². The maximum absolute atomic E-state index is 9.74. The van der Waals surface area contributed by atoms with Gasteiger partial charge in [-0.3, -0.25) is 9.97 Å². The molecule has 0 amide bonds. The Labute approximate surface area is 150 Å². The minimum absolute atomic E-state index is 0.243. The third kappa shape index (κ3) is 3.03. The lowest BCUT2D eigenvalue weighted by molar-refractivity contribution is 0.145. The van der Waals surface area contributed by atoms with E-state index in [0.29, 0.717) is 17.4 Å². The quantitative estimate of drug-likeness (QED) is 0.765. The van der Waals surface area contributed by atoms with E-state index in [1.54, 1.807) is 24.8 Å². The van der Waals surface area contributed by atoms with Crippen LogP contribution in [0.15, 0.2) is 29.3 Å². The van der Waals surface area contributed by atoms with E-state index in [-0.39, 0.29) is 6.10 Å². The van der Waals surface area contributed by atoms with Crippen LogP contribution in [0, 0.1) is 13.8 Å². The van der Waals surface area contributed by atoms with Crippen LogP contribution in [-0.2, 0) is 0 Å². The molecule has 1 N–H and O–H groups in total. The van der Waals surface area contributed by atoms with Gasteiger partial charge in [-0.2, -0.15) is 0 Å². The van der Waals surface area contributed by atoms with Crippen LogP contribution in [0.25, 0.3) is 22.5 Å². The van der Waals surface area contributed by atoms with Crippen molar-refractivity contribution in [3.05, 3.63) is 36.2 Å². The number of nitrogens with zero attached hydrogens (tertiary/aromatic N) is 6. The molecule has 0 spiro atoms. The first-order chi connectivity index (χ1) is 12.6. The zero-order valence-electron chi connectivity index (χ0n) is 14.8. The van der Waals surface area contributed by atoms with Crippen molar-refractivity contribution in [2.24, 2.45) is 0 Å². The molecule has 0 atom stereocenters. The summed E-state index contributed by atoms with van der Waals surface area (Å²) in [5.41, 5.74) is 3.84. The largest absolute Gasteiger partial charge is 0.393 e. The summed E-state index contributed by atoms with van der Waals surface area (Å²) in [6, 6.07) is 0.